The van der Waals surface area contributed by atoms with E-state index in [-0.39, 0.29) is 23.9 Å². The molecule has 3 rings (SSSR count). The van der Waals surface area contributed by atoms with Crippen LogP contribution in [0.4, 0.5) is 4.39 Å². The molecule has 0 spiro atoms. The first kappa shape index (κ1) is 11.8. The fourth-order valence-electron chi connectivity index (χ4n) is 3.23. The average Bonchev–Trinajstić information content (AvgIpc) is 2.77. The Balaban J connectivity index is 0.000000963. The van der Waals surface area contributed by atoms with E-state index in [0.29, 0.717) is 0 Å². The van der Waals surface area contributed by atoms with E-state index in [1.54, 1.807) is 6.20 Å². The monoisotopic (exact) mass is 242 g/mol. The lowest BCUT2D eigenvalue weighted by atomic mass is 9.87. The molecule has 88 valence electrons. The van der Waals surface area contributed by atoms with Crippen LogP contribution in [-0.4, -0.2) is 23.0 Å². The van der Waals surface area contributed by atoms with Gasteiger partial charge in [-0.3, -0.25) is 4.90 Å². The molecule has 2 fully saturated rings. The van der Waals surface area contributed by atoms with Gasteiger partial charge in [-0.05, 0) is 50.4 Å². The second-order valence-electron chi connectivity index (χ2n) is 4.60. The molecule has 0 atom stereocenters. The highest BCUT2D eigenvalue weighted by atomic mass is 35.5. The van der Waals surface area contributed by atoms with Crippen molar-refractivity contribution in [2.45, 2.75) is 31.2 Å². The number of hydrogen-bond donors (Lipinski definition) is 0. The second kappa shape index (κ2) is 4.30. The first-order valence-electron chi connectivity index (χ1n) is 5.68. The summed E-state index contributed by atoms with van der Waals surface area (Å²) in [5.41, 5.74) is 1.40. The lowest BCUT2D eigenvalue weighted by Crippen LogP contribution is -2.35. The predicted octanol–water partition coefficient (Wildman–Crippen LogP) is 2.73. The van der Waals surface area contributed by atoms with Gasteiger partial charge in [0.2, 0.25) is 5.95 Å². The fraction of sp³-hybridized carbons (Fsp3) is 0.583. The van der Waals surface area contributed by atoms with Gasteiger partial charge in [0.25, 0.3) is 0 Å². The smallest absolute Gasteiger partial charge is 0.212 e. The molecule has 2 nitrogen and oxygen atoms in total. The SMILES string of the molecule is Cl.Fc1ccc(C23CCCN2CCC3)cn1. The number of aromatic nitrogens is 1. The minimum Gasteiger partial charge on any atom is -0.294 e. The van der Waals surface area contributed by atoms with Crippen molar-refractivity contribution in [3.05, 3.63) is 29.8 Å². The average molecular weight is 243 g/mol. The molecule has 0 amide bonds. The van der Waals surface area contributed by atoms with Crippen LogP contribution in [0.3, 0.4) is 0 Å². The highest BCUT2D eigenvalue weighted by Crippen LogP contribution is 2.46. The Morgan fingerprint density at radius 3 is 2.44 bits per heavy atom. The third kappa shape index (κ3) is 1.62. The van der Waals surface area contributed by atoms with Crippen LogP contribution in [0.2, 0.25) is 0 Å². The summed E-state index contributed by atoms with van der Waals surface area (Å²) in [5.74, 6) is -0.377. The topological polar surface area (TPSA) is 16.1 Å². The highest BCUT2D eigenvalue weighted by molar-refractivity contribution is 5.85. The predicted molar refractivity (Wildman–Crippen MR) is 63.2 cm³/mol. The van der Waals surface area contributed by atoms with Gasteiger partial charge in [-0.1, -0.05) is 6.07 Å². The summed E-state index contributed by atoms with van der Waals surface area (Å²) in [6, 6.07) is 3.39. The molecule has 0 unspecified atom stereocenters. The van der Waals surface area contributed by atoms with E-state index in [9.17, 15) is 4.39 Å². The summed E-state index contributed by atoms with van der Waals surface area (Å²) in [6.45, 7) is 2.38. The molecule has 2 aliphatic heterocycles. The molecule has 0 radical (unpaired) electrons. The number of nitrogens with zero attached hydrogens (tertiary/aromatic N) is 2. The van der Waals surface area contributed by atoms with Gasteiger partial charge in [0.15, 0.2) is 0 Å². The third-order valence-electron chi connectivity index (χ3n) is 3.91. The molecule has 2 aliphatic rings. The molecule has 3 heterocycles. The van der Waals surface area contributed by atoms with Gasteiger partial charge in [0.1, 0.15) is 0 Å². The van der Waals surface area contributed by atoms with Crippen molar-refractivity contribution in [3.63, 3.8) is 0 Å². The van der Waals surface area contributed by atoms with E-state index in [2.05, 4.69) is 9.88 Å². The summed E-state index contributed by atoms with van der Waals surface area (Å²) >= 11 is 0. The van der Waals surface area contributed by atoms with Crippen LogP contribution in [0.5, 0.6) is 0 Å². The molecule has 0 bridgehead atoms. The van der Waals surface area contributed by atoms with Crippen molar-refractivity contribution < 1.29 is 4.39 Å². The van der Waals surface area contributed by atoms with Crippen LogP contribution < -0.4 is 0 Å². The van der Waals surface area contributed by atoms with Gasteiger partial charge in [0.05, 0.1) is 0 Å². The Morgan fingerprint density at radius 1 is 1.19 bits per heavy atom. The number of halogens is 2. The molecule has 4 heteroatoms. The summed E-state index contributed by atoms with van der Waals surface area (Å²) in [6.07, 6.45) is 6.66. The lowest BCUT2D eigenvalue weighted by Gasteiger charge is -2.32. The Morgan fingerprint density at radius 2 is 1.88 bits per heavy atom. The zero-order valence-electron chi connectivity index (χ0n) is 9.16. The third-order valence-corrected chi connectivity index (χ3v) is 3.91. The van der Waals surface area contributed by atoms with Gasteiger partial charge in [-0.25, -0.2) is 4.98 Å². The van der Waals surface area contributed by atoms with Crippen LogP contribution in [0.15, 0.2) is 18.3 Å². The van der Waals surface area contributed by atoms with Crippen molar-refractivity contribution in [2.75, 3.05) is 13.1 Å². The minimum atomic E-state index is -0.377. The van der Waals surface area contributed by atoms with Crippen LogP contribution in [0.1, 0.15) is 31.2 Å². The zero-order chi connectivity index (χ0) is 10.3. The van der Waals surface area contributed by atoms with Crippen LogP contribution in [-0.2, 0) is 5.54 Å². The largest absolute Gasteiger partial charge is 0.294 e. The molecular formula is C12H16ClFN2. The number of rotatable bonds is 1. The van der Waals surface area contributed by atoms with Crippen molar-refractivity contribution in [3.8, 4) is 0 Å². The maximum Gasteiger partial charge on any atom is 0.212 e. The van der Waals surface area contributed by atoms with Crippen molar-refractivity contribution in [1.29, 1.82) is 0 Å². The standard InChI is InChI=1S/C12H15FN2.ClH/c13-11-4-3-10(9-14-11)12-5-1-7-15(12)8-2-6-12;/h3-4,9H,1-2,5-8H2;1H. The van der Waals surface area contributed by atoms with Crippen LogP contribution >= 0.6 is 12.4 Å². The molecule has 2 saturated heterocycles. The number of pyridine rings is 1. The molecule has 1 aromatic rings. The van der Waals surface area contributed by atoms with Gasteiger partial charge in [-0.2, -0.15) is 4.39 Å². The molecule has 16 heavy (non-hydrogen) atoms. The minimum absolute atomic E-state index is 0. The quantitative estimate of drug-likeness (QED) is 0.704. The molecule has 1 aromatic heterocycles. The molecule has 0 saturated carbocycles. The Kier molecular flexibility index (Phi) is 3.17. The summed E-state index contributed by atoms with van der Waals surface area (Å²) in [7, 11) is 0. The van der Waals surface area contributed by atoms with Crippen molar-refractivity contribution in [2.24, 2.45) is 0 Å². The van der Waals surface area contributed by atoms with E-state index in [0.717, 1.165) is 0 Å². The normalized spacial score (nSPS) is 22.8. The van der Waals surface area contributed by atoms with E-state index >= 15 is 0 Å². The fourth-order valence-corrected chi connectivity index (χ4v) is 3.23. The van der Waals surface area contributed by atoms with Gasteiger partial charge in [0, 0.05) is 11.7 Å². The maximum absolute atomic E-state index is 12.8. The van der Waals surface area contributed by atoms with E-state index in [1.165, 1.54) is 50.4 Å². The number of hydrogen-bond acceptors (Lipinski definition) is 2. The lowest BCUT2D eigenvalue weighted by molar-refractivity contribution is 0.196. The maximum atomic E-state index is 12.8. The van der Waals surface area contributed by atoms with E-state index in [4.69, 9.17) is 0 Å². The highest BCUT2D eigenvalue weighted by Gasteiger charge is 2.45. The van der Waals surface area contributed by atoms with Crippen LogP contribution in [0, 0.1) is 5.95 Å². The van der Waals surface area contributed by atoms with Crippen LogP contribution in [0.25, 0.3) is 0 Å². The van der Waals surface area contributed by atoms with Gasteiger partial charge in [-0.15, -0.1) is 12.4 Å². The first-order chi connectivity index (χ1) is 7.31. The summed E-state index contributed by atoms with van der Waals surface area (Å²) in [5, 5.41) is 0. The second-order valence-corrected chi connectivity index (χ2v) is 4.60. The molecule has 0 aliphatic carbocycles. The number of fused-ring (bicyclic) bond motifs is 1. The van der Waals surface area contributed by atoms with Crippen molar-refractivity contribution >= 4 is 12.4 Å². The van der Waals surface area contributed by atoms with Crippen molar-refractivity contribution in [1.82, 2.24) is 9.88 Å². The van der Waals surface area contributed by atoms with Gasteiger partial charge >= 0.3 is 0 Å². The Labute approximate surface area is 101 Å². The summed E-state index contributed by atoms with van der Waals surface area (Å²) in [4.78, 5) is 6.33. The summed E-state index contributed by atoms with van der Waals surface area (Å²) < 4.78 is 12.8. The molecular weight excluding hydrogens is 227 g/mol. The van der Waals surface area contributed by atoms with Gasteiger partial charge < -0.3 is 0 Å². The first-order valence-corrected chi connectivity index (χ1v) is 5.68. The van der Waals surface area contributed by atoms with E-state index < -0.39 is 0 Å². The zero-order valence-corrected chi connectivity index (χ0v) is 9.97. The molecule has 0 N–H and O–H groups in total. The Bertz CT molecular complexity index is 356. The van der Waals surface area contributed by atoms with E-state index in [1.807, 2.05) is 6.07 Å². The Hall–Kier alpha value is -0.670. The molecule has 0 aromatic carbocycles.